The molecule has 2 fully saturated rings. The molecule has 2 N–H and O–H groups in total. The quantitative estimate of drug-likeness (QED) is 0.343. The molecule has 6 nitrogen and oxygen atoms in total. The third kappa shape index (κ3) is 7.74. The largest absolute Gasteiger partial charge is 0.481 e. The van der Waals surface area contributed by atoms with E-state index in [0.717, 1.165) is 57.8 Å². The van der Waals surface area contributed by atoms with Crippen molar-refractivity contribution < 1.29 is 29.3 Å². The minimum Gasteiger partial charge on any atom is -0.481 e. The Labute approximate surface area is 149 Å². The second kappa shape index (κ2) is 10.1. The van der Waals surface area contributed by atoms with Gasteiger partial charge in [-0.3, -0.25) is 9.59 Å². The van der Waals surface area contributed by atoms with Crippen LogP contribution in [-0.2, 0) is 19.1 Å². The second-order valence-corrected chi connectivity index (χ2v) is 7.50. The van der Waals surface area contributed by atoms with Crippen molar-refractivity contribution in [3.05, 3.63) is 0 Å². The van der Waals surface area contributed by atoms with Crippen LogP contribution in [0.25, 0.3) is 0 Å². The van der Waals surface area contributed by atoms with Crippen LogP contribution in [0.2, 0.25) is 0 Å². The molecule has 0 aromatic carbocycles. The van der Waals surface area contributed by atoms with E-state index in [9.17, 15) is 9.59 Å². The van der Waals surface area contributed by atoms with E-state index < -0.39 is 11.9 Å². The van der Waals surface area contributed by atoms with Crippen LogP contribution >= 0.6 is 0 Å². The third-order valence-electron chi connectivity index (χ3n) is 5.24. The van der Waals surface area contributed by atoms with Gasteiger partial charge in [-0.2, -0.15) is 0 Å². The number of aliphatic carboxylic acids is 2. The molecule has 0 aliphatic carbocycles. The van der Waals surface area contributed by atoms with Gasteiger partial charge < -0.3 is 19.7 Å². The molecule has 0 aromatic rings. The molecule has 144 valence electrons. The first kappa shape index (κ1) is 20.2. The molecule has 0 aromatic heterocycles. The third-order valence-corrected chi connectivity index (χ3v) is 5.24. The average molecular weight is 356 g/mol. The van der Waals surface area contributed by atoms with Gasteiger partial charge in [-0.25, -0.2) is 0 Å². The minimum absolute atomic E-state index is 0.226. The number of carbonyl (C=O) groups is 2. The molecule has 2 saturated heterocycles. The Bertz CT molecular complexity index is 438. The van der Waals surface area contributed by atoms with Crippen LogP contribution < -0.4 is 0 Å². The Hall–Kier alpha value is -1.14. The topological polar surface area (TPSA) is 99.7 Å². The number of hydrogen-bond donors (Lipinski definition) is 2. The van der Waals surface area contributed by atoms with Gasteiger partial charge in [0.15, 0.2) is 0 Å². The lowest BCUT2D eigenvalue weighted by molar-refractivity contribution is -0.141. The number of unbranched alkanes of at least 4 members (excludes halogenated alkanes) is 5. The SMILES string of the molecule is CC(CCCCCCCC1OC1C1OC1CCCCC(=O)O)C(=O)O. The Balaban J connectivity index is 1.38. The number of hydrogen-bond acceptors (Lipinski definition) is 4. The summed E-state index contributed by atoms with van der Waals surface area (Å²) in [7, 11) is 0. The first-order valence-electron chi connectivity index (χ1n) is 9.74. The second-order valence-electron chi connectivity index (χ2n) is 7.50. The summed E-state index contributed by atoms with van der Waals surface area (Å²) >= 11 is 0. The van der Waals surface area contributed by atoms with Crippen molar-refractivity contribution in [3.63, 3.8) is 0 Å². The number of carboxylic acids is 2. The molecular formula is C19H32O6. The molecule has 0 radical (unpaired) electrons. The first-order valence-corrected chi connectivity index (χ1v) is 9.74. The van der Waals surface area contributed by atoms with Crippen molar-refractivity contribution in [2.75, 3.05) is 0 Å². The van der Waals surface area contributed by atoms with Gasteiger partial charge in [-0.05, 0) is 25.7 Å². The molecule has 0 amide bonds. The van der Waals surface area contributed by atoms with Crippen molar-refractivity contribution in [3.8, 4) is 0 Å². The molecule has 5 atom stereocenters. The number of epoxide rings is 2. The molecule has 2 aliphatic heterocycles. The maximum atomic E-state index is 10.7. The summed E-state index contributed by atoms with van der Waals surface area (Å²) < 4.78 is 11.4. The summed E-state index contributed by atoms with van der Waals surface area (Å²) in [4.78, 5) is 21.2. The van der Waals surface area contributed by atoms with E-state index in [1.165, 1.54) is 6.42 Å². The van der Waals surface area contributed by atoms with Crippen LogP contribution in [0.3, 0.4) is 0 Å². The van der Waals surface area contributed by atoms with Crippen LogP contribution in [0.5, 0.6) is 0 Å². The maximum absolute atomic E-state index is 10.7. The Morgan fingerprint density at radius 2 is 1.36 bits per heavy atom. The summed E-state index contributed by atoms with van der Waals surface area (Å²) in [5, 5.41) is 17.4. The van der Waals surface area contributed by atoms with Gasteiger partial charge in [0.05, 0.1) is 18.1 Å². The van der Waals surface area contributed by atoms with Crippen molar-refractivity contribution in [1.29, 1.82) is 0 Å². The molecule has 0 spiro atoms. The predicted octanol–water partition coefficient (Wildman–Crippen LogP) is 3.62. The van der Waals surface area contributed by atoms with E-state index >= 15 is 0 Å². The van der Waals surface area contributed by atoms with E-state index in [1.54, 1.807) is 6.92 Å². The van der Waals surface area contributed by atoms with E-state index in [1.807, 2.05) is 0 Å². The summed E-state index contributed by atoms with van der Waals surface area (Å²) in [5.74, 6) is -1.65. The van der Waals surface area contributed by atoms with Gasteiger partial charge >= 0.3 is 11.9 Å². The highest BCUT2D eigenvalue weighted by Gasteiger charge is 2.56. The van der Waals surface area contributed by atoms with Crippen molar-refractivity contribution in [2.24, 2.45) is 5.92 Å². The van der Waals surface area contributed by atoms with E-state index in [2.05, 4.69) is 0 Å². The molecule has 5 unspecified atom stereocenters. The van der Waals surface area contributed by atoms with Crippen molar-refractivity contribution in [1.82, 2.24) is 0 Å². The summed E-state index contributed by atoms with van der Waals surface area (Å²) in [5.41, 5.74) is 0. The summed E-state index contributed by atoms with van der Waals surface area (Å²) in [6.07, 6.45) is 11.4. The highest BCUT2D eigenvalue weighted by molar-refractivity contribution is 5.69. The van der Waals surface area contributed by atoms with Crippen LogP contribution in [0, 0.1) is 5.92 Å². The monoisotopic (exact) mass is 356 g/mol. The van der Waals surface area contributed by atoms with Crippen LogP contribution in [0.15, 0.2) is 0 Å². The fraction of sp³-hybridized carbons (Fsp3) is 0.895. The maximum Gasteiger partial charge on any atom is 0.306 e. The smallest absolute Gasteiger partial charge is 0.306 e. The fourth-order valence-electron chi connectivity index (χ4n) is 3.43. The molecule has 25 heavy (non-hydrogen) atoms. The van der Waals surface area contributed by atoms with Crippen molar-refractivity contribution in [2.45, 2.75) is 102 Å². The fourth-order valence-corrected chi connectivity index (χ4v) is 3.43. The van der Waals surface area contributed by atoms with Gasteiger partial charge in [0.2, 0.25) is 0 Å². The van der Waals surface area contributed by atoms with E-state index in [0.29, 0.717) is 6.10 Å². The van der Waals surface area contributed by atoms with Crippen LogP contribution in [0.1, 0.15) is 77.6 Å². The highest BCUT2D eigenvalue weighted by atomic mass is 16.7. The van der Waals surface area contributed by atoms with Gasteiger partial charge in [-0.1, -0.05) is 45.4 Å². The van der Waals surface area contributed by atoms with E-state index in [-0.39, 0.29) is 30.7 Å². The number of carboxylic acid groups (broad SMARTS) is 2. The average Bonchev–Trinajstić information content (AvgIpc) is 3.45. The first-order chi connectivity index (χ1) is 12.0. The lowest BCUT2D eigenvalue weighted by Crippen LogP contribution is -2.08. The van der Waals surface area contributed by atoms with Gasteiger partial charge in [0, 0.05) is 6.42 Å². The Kier molecular flexibility index (Phi) is 8.16. The summed E-state index contributed by atoms with van der Waals surface area (Å²) in [6.45, 7) is 1.77. The Morgan fingerprint density at radius 1 is 0.840 bits per heavy atom. The van der Waals surface area contributed by atoms with Gasteiger partial charge in [0.25, 0.3) is 0 Å². The normalized spacial score (nSPS) is 28.5. The van der Waals surface area contributed by atoms with Gasteiger partial charge in [0.1, 0.15) is 12.2 Å². The van der Waals surface area contributed by atoms with Crippen LogP contribution in [-0.4, -0.2) is 46.6 Å². The zero-order valence-electron chi connectivity index (χ0n) is 15.2. The molecular weight excluding hydrogens is 324 g/mol. The zero-order chi connectivity index (χ0) is 18.2. The molecule has 2 rings (SSSR count). The lowest BCUT2D eigenvalue weighted by Gasteiger charge is -2.05. The van der Waals surface area contributed by atoms with E-state index in [4.69, 9.17) is 19.7 Å². The zero-order valence-corrected chi connectivity index (χ0v) is 15.2. The van der Waals surface area contributed by atoms with Gasteiger partial charge in [-0.15, -0.1) is 0 Å². The summed E-state index contributed by atoms with van der Waals surface area (Å²) in [6, 6.07) is 0. The van der Waals surface area contributed by atoms with Crippen molar-refractivity contribution >= 4 is 11.9 Å². The Morgan fingerprint density at radius 3 is 1.92 bits per heavy atom. The van der Waals surface area contributed by atoms with Crippen LogP contribution in [0.4, 0.5) is 0 Å². The number of rotatable bonds is 15. The standard InChI is InChI=1S/C19H32O6/c1-13(19(22)23)9-5-3-2-4-6-10-14-17(24-14)18-15(25-18)11-7-8-12-16(20)21/h13-15,17-18H,2-12H2,1H3,(H,20,21)(H,22,23). The molecule has 2 aliphatic rings. The lowest BCUT2D eigenvalue weighted by atomic mass is 10.0. The highest BCUT2D eigenvalue weighted by Crippen LogP contribution is 2.42. The molecule has 2 heterocycles. The molecule has 0 saturated carbocycles. The molecule has 0 bridgehead atoms. The molecule has 6 heteroatoms. The number of ether oxygens (including phenoxy) is 2. The predicted molar refractivity (Wildman–Crippen MR) is 92.5 cm³/mol. The minimum atomic E-state index is -0.727.